The third-order valence-corrected chi connectivity index (χ3v) is 1.82. The van der Waals surface area contributed by atoms with Crippen LogP contribution in [-0.4, -0.2) is 17.1 Å². The summed E-state index contributed by atoms with van der Waals surface area (Å²) in [6.45, 7) is 0. The van der Waals surface area contributed by atoms with Crippen molar-refractivity contribution in [3.05, 3.63) is 42.0 Å². The monoisotopic (exact) mass is 191 g/mol. The van der Waals surface area contributed by atoms with Crippen LogP contribution in [0.2, 0.25) is 0 Å². The summed E-state index contributed by atoms with van der Waals surface area (Å²) in [7, 11) is 0. The predicted octanol–water partition coefficient (Wildman–Crippen LogP) is 1.50. The fraction of sp³-hybridized carbons (Fsp3) is 0.182. The zero-order chi connectivity index (χ0) is 10.4. The maximum absolute atomic E-state index is 10.4. The van der Waals surface area contributed by atoms with Gasteiger partial charge in [-0.3, -0.25) is 4.79 Å². The van der Waals surface area contributed by atoms with E-state index in [-0.39, 0.29) is 0 Å². The predicted molar refractivity (Wildman–Crippen MR) is 55.7 cm³/mol. The molecule has 1 atom stereocenters. The van der Waals surface area contributed by atoms with Gasteiger partial charge >= 0.3 is 5.97 Å². The molecule has 1 rings (SSSR count). The summed E-state index contributed by atoms with van der Waals surface area (Å²) in [4.78, 5) is 10.4. The molecule has 14 heavy (non-hydrogen) atoms. The van der Waals surface area contributed by atoms with Gasteiger partial charge in [0.15, 0.2) is 0 Å². The summed E-state index contributed by atoms with van der Waals surface area (Å²) in [6, 6.07) is 8.87. The Balaban J connectivity index is 2.46. The molecular formula is C11H13NO2. The van der Waals surface area contributed by atoms with Gasteiger partial charge in [-0.2, -0.15) is 0 Å². The van der Waals surface area contributed by atoms with Crippen LogP contribution >= 0.6 is 0 Å². The molecule has 0 spiro atoms. The first-order valence-corrected chi connectivity index (χ1v) is 4.40. The second-order valence-corrected chi connectivity index (χ2v) is 2.99. The largest absolute Gasteiger partial charge is 0.480 e. The van der Waals surface area contributed by atoms with E-state index in [2.05, 4.69) is 0 Å². The lowest BCUT2D eigenvalue weighted by Gasteiger charge is -2.00. The van der Waals surface area contributed by atoms with Gasteiger partial charge in [0.25, 0.3) is 0 Å². The SMILES string of the molecule is NC(CC=Cc1ccccc1)C(=O)O. The van der Waals surface area contributed by atoms with E-state index in [0.717, 1.165) is 5.56 Å². The number of carboxylic acids is 1. The molecule has 0 heterocycles. The number of nitrogens with two attached hydrogens (primary N) is 1. The van der Waals surface area contributed by atoms with Crippen molar-refractivity contribution in [3.8, 4) is 0 Å². The Hall–Kier alpha value is -1.61. The van der Waals surface area contributed by atoms with Crippen LogP contribution in [-0.2, 0) is 4.79 Å². The second-order valence-electron chi connectivity index (χ2n) is 2.99. The Morgan fingerprint density at radius 3 is 2.64 bits per heavy atom. The summed E-state index contributed by atoms with van der Waals surface area (Å²) in [5.74, 6) is -0.970. The summed E-state index contributed by atoms with van der Waals surface area (Å²) < 4.78 is 0. The maximum atomic E-state index is 10.4. The minimum absolute atomic E-state index is 0.351. The van der Waals surface area contributed by atoms with E-state index in [9.17, 15) is 4.79 Å². The molecule has 3 nitrogen and oxygen atoms in total. The molecule has 0 aromatic heterocycles. The van der Waals surface area contributed by atoms with Crippen molar-refractivity contribution in [2.75, 3.05) is 0 Å². The van der Waals surface area contributed by atoms with E-state index in [1.165, 1.54) is 0 Å². The van der Waals surface area contributed by atoms with E-state index in [0.29, 0.717) is 6.42 Å². The number of aliphatic carboxylic acids is 1. The Morgan fingerprint density at radius 1 is 1.43 bits per heavy atom. The van der Waals surface area contributed by atoms with E-state index in [1.807, 2.05) is 36.4 Å². The van der Waals surface area contributed by atoms with Crippen molar-refractivity contribution in [1.29, 1.82) is 0 Å². The molecule has 1 aromatic rings. The number of hydrogen-bond donors (Lipinski definition) is 2. The van der Waals surface area contributed by atoms with E-state index in [1.54, 1.807) is 6.08 Å². The molecule has 3 N–H and O–H groups in total. The third-order valence-electron chi connectivity index (χ3n) is 1.82. The molecule has 0 radical (unpaired) electrons. The van der Waals surface area contributed by atoms with Crippen LogP contribution in [0.3, 0.4) is 0 Å². The lowest BCUT2D eigenvalue weighted by atomic mass is 10.1. The first-order chi connectivity index (χ1) is 6.70. The van der Waals surface area contributed by atoms with Gasteiger partial charge in [-0.1, -0.05) is 42.5 Å². The molecule has 1 unspecified atom stereocenters. The van der Waals surface area contributed by atoms with Gasteiger partial charge < -0.3 is 10.8 Å². The lowest BCUT2D eigenvalue weighted by molar-refractivity contribution is -0.138. The van der Waals surface area contributed by atoms with Gasteiger partial charge in [0, 0.05) is 0 Å². The molecule has 0 aliphatic rings. The smallest absolute Gasteiger partial charge is 0.320 e. The van der Waals surface area contributed by atoms with Crippen LogP contribution in [0, 0.1) is 0 Å². The molecule has 0 aliphatic carbocycles. The number of rotatable bonds is 4. The average molecular weight is 191 g/mol. The lowest BCUT2D eigenvalue weighted by Crippen LogP contribution is -2.29. The van der Waals surface area contributed by atoms with Crippen LogP contribution in [0.25, 0.3) is 6.08 Å². The molecule has 74 valence electrons. The highest BCUT2D eigenvalue weighted by Gasteiger charge is 2.07. The Kier molecular flexibility index (Phi) is 3.88. The van der Waals surface area contributed by atoms with Crippen molar-refractivity contribution < 1.29 is 9.90 Å². The molecule has 0 saturated heterocycles. The van der Waals surface area contributed by atoms with Crippen molar-refractivity contribution in [2.24, 2.45) is 5.73 Å². The number of carboxylic acid groups (broad SMARTS) is 1. The fourth-order valence-electron chi connectivity index (χ4n) is 1.02. The van der Waals surface area contributed by atoms with Gasteiger partial charge in [0.05, 0.1) is 0 Å². The number of hydrogen-bond acceptors (Lipinski definition) is 2. The zero-order valence-corrected chi connectivity index (χ0v) is 7.76. The molecule has 0 saturated carbocycles. The van der Waals surface area contributed by atoms with Crippen LogP contribution in [0.15, 0.2) is 36.4 Å². The van der Waals surface area contributed by atoms with Crippen molar-refractivity contribution in [2.45, 2.75) is 12.5 Å². The van der Waals surface area contributed by atoms with Gasteiger partial charge in [-0.15, -0.1) is 0 Å². The normalized spacial score (nSPS) is 12.9. The van der Waals surface area contributed by atoms with Crippen LogP contribution in [0.1, 0.15) is 12.0 Å². The second kappa shape index (κ2) is 5.19. The molecule has 0 bridgehead atoms. The first-order valence-electron chi connectivity index (χ1n) is 4.40. The van der Waals surface area contributed by atoms with Crippen LogP contribution < -0.4 is 5.73 Å². The summed E-state index contributed by atoms with van der Waals surface area (Å²) >= 11 is 0. The minimum Gasteiger partial charge on any atom is -0.480 e. The molecule has 0 aliphatic heterocycles. The third kappa shape index (κ3) is 3.41. The van der Waals surface area contributed by atoms with Crippen molar-refractivity contribution in [1.82, 2.24) is 0 Å². The topological polar surface area (TPSA) is 63.3 Å². The molecule has 3 heteroatoms. The van der Waals surface area contributed by atoms with E-state index >= 15 is 0 Å². The Labute approximate surface area is 82.9 Å². The molecular weight excluding hydrogens is 178 g/mol. The highest BCUT2D eigenvalue weighted by Crippen LogP contribution is 2.02. The van der Waals surface area contributed by atoms with Crippen LogP contribution in [0.5, 0.6) is 0 Å². The fourth-order valence-corrected chi connectivity index (χ4v) is 1.02. The summed E-state index contributed by atoms with van der Waals surface area (Å²) in [5.41, 5.74) is 6.38. The number of benzene rings is 1. The summed E-state index contributed by atoms with van der Waals surface area (Å²) in [5, 5.41) is 8.52. The Bertz CT molecular complexity index is 319. The zero-order valence-electron chi connectivity index (χ0n) is 7.76. The van der Waals surface area contributed by atoms with Crippen molar-refractivity contribution >= 4 is 12.0 Å². The molecule has 0 amide bonds. The van der Waals surface area contributed by atoms with Crippen LogP contribution in [0.4, 0.5) is 0 Å². The van der Waals surface area contributed by atoms with E-state index < -0.39 is 12.0 Å². The quantitative estimate of drug-likeness (QED) is 0.758. The summed E-state index contributed by atoms with van der Waals surface area (Å²) in [6.07, 6.45) is 3.99. The average Bonchev–Trinajstić information content (AvgIpc) is 2.19. The highest BCUT2D eigenvalue weighted by molar-refractivity contribution is 5.73. The van der Waals surface area contributed by atoms with Gasteiger partial charge in [0.1, 0.15) is 6.04 Å². The molecule has 0 fully saturated rings. The number of carbonyl (C=O) groups is 1. The Morgan fingerprint density at radius 2 is 2.07 bits per heavy atom. The van der Waals surface area contributed by atoms with Gasteiger partial charge in [0.2, 0.25) is 0 Å². The standard InChI is InChI=1S/C11H13NO2/c12-10(11(13)14)8-4-7-9-5-2-1-3-6-9/h1-7,10H,8,12H2,(H,13,14). The van der Waals surface area contributed by atoms with Gasteiger partial charge in [-0.25, -0.2) is 0 Å². The van der Waals surface area contributed by atoms with E-state index in [4.69, 9.17) is 10.8 Å². The minimum atomic E-state index is -0.970. The van der Waals surface area contributed by atoms with Crippen molar-refractivity contribution in [3.63, 3.8) is 0 Å². The maximum Gasteiger partial charge on any atom is 0.320 e. The highest BCUT2D eigenvalue weighted by atomic mass is 16.4. The molecule has 1 aromatic carbocycles. The first kappa shape index (κ1) is 10.5. The van der Waals surface area contributed by atoms with Gasteiger partial charge in [-0.05, 0) is 12.0 Å².